The van der Waals surface area contributed by atoms with Gasteiger partial charge in [0.1, 0.15) is 16.4 Å². The molecule has 0 saturated carbocycles. The number of hydrogen-bond donors (Lipinski definition) is 1. The van der Waals surface area contributed by atoms with Gasteiger partial charge >= 0.3 is 0 Å². The predicted molar refractivity (Wildman–Crippen MR) is 109 cm³/mol. The maximum atomic E-state index is 13.3. The van der Waals surface area contributed by atoms with Gasteiger partial charge in [-0.3, -0.25) is 14.2 Å². The van der Waals surface area contributed by atoms with Gasteiger partial charge in [0.2, 0.25) is 5.91 Å². The van der Waals surface area contributed by atoms with E-state index in [1.807, 2.05) is 39.0 Å². The third kappa shape index (κ3) is 3.60. The Morgan fingerprint density at radius 1 is 1.30 bits per heavy atom. The average Bonchev–Trinajstić information content (AvgIpc) is 2.93. The quantitative estimate of drug-likeness (QED) is 0.705. The van der Waals surface area contributed by atoms with Gasteiger partial charge in [-0.1, -0.05) is 11.6 Å². The Balaban J connectivity index is 2.23. The van der Waals surface area contributed by atoms with E-state index in [0.717, 1.165) is 32.1 Å². The van der Waals surface area contributed by atoms with Gasteiger partial charge in [-0.25, -0.2) is 4.98 Å². The number of fused-ring (bicyclic) bond motifs is 1. The van der Waals surface area contributed by atoms with Crippen LogP contribution < -0.4 is 16.0 Å². The fourth-order valence-electron chi connectivity index (χ4n) is 3.31. The number of carbonyl (C=O) groups is 1. The van der Waals surface area contributed by atoms with Crippen LogP contribution in [0.2, 0.25) is 0 Å². The highest BCUT2D eigenvalue weighted by Gasteiger charge is 2.21. The molecule has 0 aliphatic carbocycles. The number of carbonyl (C=O) groups excluding carboxylic acids is 1. The highest BCUT2D eigenvalue weighted by Crippen LogP contribution is 2.40. The van der Waals surface area contributed by atoms with Gasteiger partial charge in [0, 0.05) is 29.0 Å². The van der Waals surface area contributed by atoms with Crippen LogP contribution in [0.5, 0.6) is 5.75 Å². The summed E-state index contributed by atoms with van der Waals surface area (Å²) in [5.41, 5.74) is 7.98. The van der Waals surface area contributed by atoms with Gasteiger partial charge in [0.15, 0.2) is 0 Å². The Labute approximate surface area is 161 Å². The first-order valence-corrected chi connectivity index (χ1v) is 9.59. The normalized spacial score (nSPS) is 11.1. The highest BCUT2D eigenvalue weighted by atomic mass is 32.1. The summed E-state index contributed by atoms with van der Waals surface area (Å²) >= 11 is 1.51. The van der Waals surface area contributed by atoms with Crippen molar-refractivity contribution in [2.45, 2.75) is 40.2 Å². The second-order valence-electron chi connectivity index (χ2n) is 6.60. The number of hydrogen-bond acceptors (Lipinski definition) is 5. The van der Waals surface area contributed by atoms with Crippen molar-refractivity contribution in [1.29, 1.82) is 0 Å². The molecule has 6 nitrogen and oxygen atoms in total. The first kappa shape index (κ1) is 19.1. The standard InChI is InChI=1S/C20H23N3O3S/c1-11-7-8-15(26-4)14(10-11)17-12(2)27-19-18(17)20(25)23(13(3)22-19)9-5-6-16(21)24/h7-8,10H,5-6,9H2,1-4H3,(H2,21,24). The van der Waals surface area contributed by atoms with E-state index in [1.165, 1.54) is 11.3 Å². The number of thiophene rings is 1. The predicted octanol–water partition coefficient (Wildman–Crippen LogP) is 3.32. The Kier molecular flexibility index (Phi) is 5.32. The molecule has 2 N–H and O–H groups in total. The van der Waals surface area contributed by atoms with Crippen molar-refractivity contribution in [2.24, 2.45) is 5.73 Å². The summed E-state index contributed by atoms with van der Waals surface area (Å²) < 4.78 is 7.17. The van der Waals surface area contributed by atoms with Crippen LogP contribution >= 0.6 is 11.3 Å². The number of amides is 1. The average molecular weight is 385 g/mol. The van der Waals surface area contributed by atoms with Gasteiger partial charge in [0.25, 0.3) is 5.56 Å². The number of nitrogens with zero attached hydrogens (tertiary/aromatic N) is 2. The molecule has 0 bridgehead atoms. The zero-order chi connectivity index (χ0) is 19.7. The summed E-state index contributed by atoms with van der Waals surface area (Å²) in [4.78, 5) is 30.7. The molecule has 3 rings (SSSR count). The maximum absolute atomic E-state index is 13.3. The van der Waals surface area contributed by atoms with Crippen molar-refractivity contribution in [3.63, 3.8) is 0 Å². The van der Waals surface area contributed by atoms with Crippen LogP contribution in [-0.2, 0) is 11.3 Å². The number of ether oxygens (including phenoxy) is 1. The van der Waals surface area contributed by atoms with Crippen molar-refractivity contribution < 1.29 is 9.53 Å². The zero-order valence-corrected chi connectivity index (χ0v) is 16.8. The zero-order valence-electron chi connectivity index (χ0n) is 16.0. The largest absolute Gasteiger partial charge is 0.496 e. The molecule has 0 spiro atoms. The van der Waals surface area contributed by atoms with Crippen molar-refractivity contribution >= 4 is 27.5 Å². The summed E-state index contributed by atoms with van der Waals surface area (Å²) in [6, 6.07) is 5.93. The van der Waals surface area contributed by atoms with E-state index in [9.17, 15) is 9.59 Å². The fraction of sp³-hybridized carbons (Fsp3) is 0.350. The SMILES string of the molecule is COc1ccc(C)cc1-c1c(C)sc2nc(C)n(CCCC(N)=O)c(=O)c12. The van der Waals surface area contributed by atoms with E-state index in [-0.39, 0.29) is 17.9 Å². The fourth-order valence-corrected chi connectivity index (χ4v) is 4.39. The molecule has 0 unspecified atom stereocenters. The van der Waals surface area contributed by atoms with E-state index in [2.05, 4.69) is 4.98 Å². The molecule has 0 radical (unpaired) electrons. The molecule has 27 heavy (non-hydrogen) atoms. The number of aryl methyl sites for hydroxylation is 3. The minimum atomic E-state index is -0.369. The smallest absolute Gasteiger partial charge is 0.262 e. The number of nitrogens with two attached hydrogens (primary N) is 1. The summed E-state index contributed by atoms with van der Waals surface area (Å²) in [5.74, 6) is 0.996. The van der Waals surface area contributed by atoms with E-state index < -0.39 is 0 Å². The number of primary amides is 1. The number of benzene rings is 1. The van der Waals surface area contributed by atoms with Crippen LogP contribution in [0.15, 0.2) is 23.0 Å². The maximum Gasteiger partial charge on any atom is 0.262 e. The van der Waals surface area contributed by atoms with E-state index >= 15 is 0 Å². The third-order valence-electron chi connectivity index (χ3n) is 4.61. The van der Waals surface area contributed by atoms with Crippen LogP contribution in [0, 0.1) is 20.8 Å². The lowest BCUT2D eigenvalue weighted by Gasteiger charge is -2.12. The number of rotatable bonds is 6. The molecular weight excluding hydrogens is 362 g/mol. The molecule has 2 heterocycles. The lowest BCUT2D eigenvalue weighted by molar-refractivity contribution is -0.118. The molecular formula is C20H23N3O3S. The molecule has 2 aromatic heterocycles. The lowest BCUT2D eigenvalue weighted by Crippen LogP contribution is -2.24. The summed E-state index contributed by atoms with van der Waals surface area (Å²) in [5, 5.41) is 0.603. The molecule has 0 aliphatic rings. The molecule has 3 aromatic rings. The topological polar surface area (TPSA) is 87.2 Å². The van der Waals surface area contributed by atoms with E-state index in [1.54, 1.807) is 11.7 Å². The molecule has 7 heteroatoms. The first-order valence-electron chi connectivity index (χ1n) is 8.77. The molecule has 0 fully saturated rings. The van der Waals surface area contributed by atoms with Gasteiger partial charge < -0.3 is 10.5 Å². The molecule has 0 aliphatic heterocycles. The minimum Gasteiger partial charge on any atom is -0.496 e. The molecule has 0 saturated heterocycles. The van der Waals surface area contributed by atoms with Crippen molar-refractivity contribution in [1.82, 2.24) is 9.55 Å². The van der Waals surface area contributed by atoms with Gasteiger partial charge in [-0.15, -0.1) is 11.3 Å². The first-order chi connectivity index (χ1) is 12.8. The van der Waals surface area contributed by atoms with Gasteiger partial charge in [-0.2, -0.15) is 0 Å². The molecule has 1 amide bonds. The van der Waals surface area contributed by atoms with Crippen LogP contribution in [0.1, 0.15) is 29.1 Å². The van der Waals surface area contributed by atoms with Crippen LogP contribution in [0.3, 0.4) is 0 Å². The van der Waals surface area contributed by atoms with Crippen molar-refractivity contribution in [2.75, 3.05) is 7.11 Å². The van der Waals surface area contributed by atoms with E-state index in [0.29, 0.717) is 24.2 Å². The Morgan fingerprint density at radius 2 is 2.04 bits per heavy atom. The number of aromatic nitrogens is 2. The highest BCUT2D eigenvalue weighted by molar-refractivity contribution is 7.19. The Bertz CT molecular complexity index is 1080. The monoisotopic (exact) mass is 385 g/mol. The lowest BCUT2D eigenvalue weighted by atomic mass is 10.0. The van der Waals surface area contributed by atoms with Crippen LogP contribution in [-0.4, -0.2) is 22.6 Å². The second kappa shape index (κ2) is 7.52. The third-order valence-corrected chi connectivity index (χ3v) is 5.61. The molecule has 0 atom stereocenters. The van der Waals surface area contributed by atoms with Crippen LogP contribution in [0.25, 0.3) is 21.3 Å². The molecule has 142 valence electrons. The van der Waals surface area contributed by atoms with E-state index in [4.69, 9.17) is 10.5 Å². The second-order valence-corrected chi connectivity index (χ2v) is 7.81. The minimum absolute atomic E-state index is 0.0927. The van der Waals surface area contributed by atoms with Crippen LogP contribution in [0.4, 0.5) is 0 Å². The summed E-state index contributed by atoms with van der Waals surface area (Å²) in [6.07, 6.45) is 0.751. The summed E-state index contributed by atoms with van der Waals surface area (Å²) in [7, 11) is 1.63. The van der Waals surface area contributed by atoms with Crippen molar-refractivity contribution in [3.8, 4) is 16.9 Å². The molecule has 1 aromatic carbocycles. The Morgan fingerprint density at radius 3 is 2.70 bits per heavy atom. The Hall–Kier alpha value is -2.67. The summed E-state index contributed by atoms with van der Waals surface area (Å²) in [6.45, 7) is 6.23. The van der Waals surface area contributed by atoms with Gasteiger partial charge in [0.05, 0.1) is 12.5 Å². The van der Waals surface area contributed by atoms with Crippen molar-refractivity contribution in [3.05, 3.63) is 44.8 Å². The van der Waals surface area contributed by atoms with Gasteiger partial charge in [-0.05, 0) is 39.3 Å². The number of methoxy groups -OCH3 is 1.